The molecule has 102 valence electrons. The number of hydrogen-bond acceptors (Lipinski definition) is 1. The van der Waals surface area contributed by atoms with Crippen LogP contribution >= 0.6 is 0 Å². The van der Waals surface area contributed by atoms with Crippen LogP contribution in [-0.2, 0) is 0 Å². The summed E-state index contributed by atoms with van der Waals surface area (Å²) in [5.41, 5.74) is 0. The summed E-state index contributed by atoms with van der Waals surface area (Å²) in [7, 11) is 0. The second-order valence-corrected chi connectivity index (χ2v) is 4.92. The summed E-state index contributed by atoms with van der Waals surface area (Å²) in [5.74, 6) is 0. The summed E-state index contributed by atoms with van der Waals surface area (Å²) in [6.45, 7) is 10.6. The van der Waals surface area contributed by atoms with E-state index in [4.69, 9.17) is 0 Å². The first-order valence-corrected chi connectivity index (χ1v) is 7.72. The molecule has 1 heteroatoms. The predicted molar refractivity (Wildman–Crippen MR) is 79.5 cm³/mol. The van der Waals surface area contributed by atoms with Crippen LogP contribution in [0.3, 0.4) is 0 Å². The number of allylic oxidation sites excluding steroid dienone is 2. The van der Waals surface area contributed by atoms with Crippen LogP contribution in [0.5, 0.6) is 0 Å². The van der Waals surface area contributed by atoms with Gasteiger partial charge in [0.05, 0.1) is 0 Å². The first-order valence-electron chi connectivity index (χ1n) is 7.72. The van der Waals surface area contributed by atoms with E-state index in [-0.39, 0.29) is 0 Å². The zero-order chi connectivity index (χ0) is 12.8. The van der Waals surface area contributed by atoms with Gasteiger partial charge in [-0.2, -0.15) is 0 Å². The van der Waals surface area contributed by atoms with E-state index in [0.29, 0.717) is 0 Å². The minimum absolute atomic E-state index is 1.18. The summed E-state index contributed by atoms with van der Waals surface area (Å²) < 4.78 is 0. The lowest BCUT2D eigenvalue weighted by molar-refractivity contribution is 0.268. The van der Waals surface area contributed by atoms with Gasteiger partial charge in [0.15, 0.2) is 0 Å². The highest BCUT2D eigenvalue weighted by Crippen LogP contribution is 2.06. The number of nitrogens with zero attached hydrogens (tertiary/aromatic N) is 1. The summed E-state index contributed by atoms with van der Waals surface area (Å²) in [6, 6.07) is 0. The van der Waals surface area contributed by atoms with Crippen LogP contribution in [0, 0.1) is 0 Å². The summed E-state index contributed by atoms with van der Waals surface area (Å²) in [4.78, 5) is 2.62. The van der Waals surface area contributed by atoms with E-state index in [2.05, 4.69) is 37.8 Å². The van der Waals surface area contributed by atoms with E-state index in [0.717, 1.165) is 0 Å². The van der Waals surface area contributed by atoms with Gasteiger partial charge >= 0.3 is 0 Å². The van der Waals surface area contributed by atoms with E-state index >= 15 is 0 Å². The molecule has 0 aromatic rings. The molecule has 0 aliphatic rings. The molecule has 0 unspecified atom stereocenters. The molecule has 0 saturated heterocycles. The van der Waals surface area contributed by atoms with Gasteiger partial charge < -0.3 is 4.90 Å². The molecular weight excluding hydrogens is 206 g/mol. The van der Waals surface area contributed by atoms with Crippen LogP contribution in [0.25, 0.3) is 0 Å². The van der Waals surface area contributed by atoms with Crippen molar-refractivity contribution in [3.05, 3.63) is 12.2 Å². The zero-order valence-corrected chi connectivity index (χ0v) is 12.4. The molecule has 0 amide bonds. The van der Waals surface area contributed by atoms with Crippen LogP contribution in [0.15, 0.2) is 12.2 Å². The van der Waals surface area contributed by atoms with Crippen molar-refractivity contribution in [3.63, 3.8) is 0 Å². The molecule has 0 saturated carbocycles. The molecule has 0 aromatic heterocycles. The van der Waals surface area contributed by atoms with Crippen LogP contribution in [-0.4, -0.2) is 24.5 Å². The summed E-state index contributed by atoms with van der Waals surface area (Å²) >= 11 is 0. The second-order valence-electron chi connectivity index (χ2n) is 4.92. The lowest BCUT2D eigenvalue weighted by Gasteiger charge is -2.20. The Morgan fingerprint density at radius 3 is 1.94 bits per heavy atom. The first kappa shape index (κ1) is 16.7. The van der Waals surface area contributed by atoms with Crippen LogP contribution in [0.1, 0.15) is 72.1 Å². The Kier molecular flexibility index (Phi) is 13.5. The molecule has 0 atom stereocenters. The summed E-state index contributed by atoms with van der Waals surface area (Å²) in [5, 5.41) is 0. The monoisotopic (exact) mass is 239 g/mol. The molecule has 0 aliphatic carbocycles. The van der Waals surface area contributed by atoms with E-state index < -0.39 is 0 Å². The maximum absolute atomic E-state index is 2.62. The van der Waals surface area contributed by atoms with Gasteiger partial charge in [-0.3, -0.25) is 0 Å². The third-order valence-electron chi connectivity index (χ3n) is 3.08. The lowest BCUT2D eigenvalue weighted by Crippen LogP contribution is -2.26. The molecule has 0 heterocycles. The van der Waals surface area contributed by atoms with Crippen molar-refractivity contribution in [3.8, 4) is 0 Å². The van der Waals surface area contributed by atoms with Crippen molar-refractivity contribution in [1.29, 1.82) is 0 Å². The number of hydrogen-bond donors (Lipinski definition) is 0. The van der Waals surface area contributed by atoms with Crippen molar-refractivity contribution in [2.75, 3.05) is 19.6 Å². The fourth-order valence-corrected chi connectivity index (χ4v) is 2.20. The van der Waals surface area contributed by atoms with Gasteiger partial charge in [-0.1, -0.05) is 45.8 Å². The molecule has 0 aliphatic heterocycles. The van der Waals surface area contributed by atoms with Crippen molar-refractivity contribution >= 4 is 0 Å². The van der Waals surface area contributed by atoms with Gasteiger partial charge in [-0.25, -0.2) is 0 Å². The van der Waals surface area contributed by atoms with Gasteiger partial charge in [-0.15, -0.1) is 0 Å². The highest BCUT2D eigenvalue weighted by atomic mass is 15.1. The molecule has 0 N–H and O–H groups in total. The third-order valence-corrected chi connectivity index (χ3v) is 3.08. The molecular formula is C16H33N. The predicted octanol–water partition coefficient (Wildman–Crippen LogP) is 5.03. The Bertz CT molecular complexity index is 157. The van der Waals surface area contributed by atoms with Crippen molar-refractivity contribution < 1.29 is 0 Å². The van der Waals surface area contributed by atoms with Gasteiger partial charge in [0.1, 0.15) is 0 Å². The van der Waals surface area contributed by atoms with Crippen LogP contribution in [0.2, 0.25) is 0 Å². The van der Waals surface area contributed by atoms with Gasteiger partial charge in [0.2, 0.25) is 0 Å². The highest BCUT2D eigenvalue weighted by molar-refractivity contribution is 4.79. The maximum Gasteiger partial charge on any atom is -0.00187 e. The first-order chi connectivity index (χ1) is 8.35. The SMILES string of the molecule is CCC=CCCCCCCN(CCC)CCC. The molecule has 0 rings (SSSR count). The molecule has 1 nitrogen and oxygen atoms in total. The molecule has 17 heavy (non-hydrogen) atoms. The Morgan fingerprint density at radius 1 is 0.706 bits per heavy atom. The van der Waals surface area contributed by atoms with E-state index in [1.807, 2.05) is 0 Å². The van der Waals surface area contributed by atoms with Gasteiger partial charge in [0, 0.05) is 0 Å². The summed E-state index contributed by atoms with van der Waals surface area (Å²) in [6.07, 6.45) is 15.2. The molecule has 0 aromatic carbocycles. The van der Waals surface area contributed by atoms with Crippen molar-refractivity contribution in [2.45, 2.75) is 72.1 Å². The fraction of sp³-hybridized carbons (Fsp3) is 0.875. The highest BCUT2D eigenvalue weighted by Gasteiger charge is 2.01. The Morgan fingerprint density at radius 2 is 1.35 bits per heavy atom. The van der Waals surface area contributed by atoms with Crippen LogP contribution in [0.4, 0.5) is 0 Å². The molecule has 0 radical (unpaired) electrons. The van der Waals surface area contributed by atoms with E-state index in [9.17, 15) is 0 Å². The van der Waals surface area contributed by atoms with Gasteiger partial charge in [-0.05, 0) is 58.2 Å². The second kappa shape index (κ2) is 13.8. The van der Waals surface area contributed by atoms with E-state index in [1.165, 1.54) is 71.0 Å². The fourth-order valence-electron chi connectivity index (χ4n) is 2.20. The molecule has 0 fully saturated rings. The van der Waals surface area contributed by atoms with Crippen molar-refractivity contribution in [1.82, 2.24) is 4.90 Å². The average molecular weight is 239 g/mol. The zero-order valence-electron chi connectivity index (χ0n) is 12.4. The molecule has 0 spiro atoms. The normalized spacial score (nSPS) is 11.8. The molecule has 0 bridgehead atoms. The Balaban J connectivity index is 3.32. The maximum atomic E-state index is 2.62. The van der Waals surface area contributed by atoms with E-state index in [1.54, 1.807) is 0 Å². The quantitative estimate of drug-likeness (QED) is 0.341. The Hall–Kier alpha value is -0.300. The third kappa shape index (κ3) is 12.0. The van der Waals surface area contributed by atoms with Gasteiger partial charge in [0.25, 0.3) is 0 Å². The Labute approximate surface area is 109 Å². The topological polar surface area (TPSA) is 3.24 Å². The number of unbranched alkanes of at least 4 members (excludes halogenated alkanes) is 4. The standard InChI is InChI=1S/C16H33N/c1-4-7-8-9-10-11-12-13-16-17(14-5-2)15-6-3/h7-8H,4-6,9-16H2,1-3H3. The smallest absolute Gasteiger partial charge is 0.00187 e. The minimum atomic E-state index is 1.18. The van der Waals surface area contributed by atoms with Crippen molar-refractivity contribution in [2.24, 2.45) is 0 Å². The number of rotatable bonds is 12. The largest absolute Gasteiger partial charge is 0.303 e. The van der Waals surface area contributed by atoms with Crippen LogP contribution < -0.4 is 0 Å². The minimum Gasteiger partial charge on any atom is -0.303 e. The lowest BCUT2D eigenvalue weighted by atomic mass is 10.1. The average Bonchev–Trinajstić information content (AvgIpc) is 2.33.